The van der Waals surface area contributed by atoms with Crippen LogP contribution >= 0.6 is 0 Å². The average molecular weight is 114 g/mol. The van der Waals surface area contributed by atoms with E-state index in [2.05, 4.69) is 0 Å². The summed E-state index contributed by atoms with van der Waals surface area (Å²) in [4.78, 5) is 10.7. The van der Waals surface area contributed by atoms with Gasteiger partial charge in [0.05, 0.1) is 0 Å². The Morgan fingerprint density at radius 2 is 2.00 bits per heavy atom. The van der Waals surface area contributed by atoms with Crippen LogP contribution in [0.5, 0.6) is 0 Å². The summed E-state index contributed by atoms with van der Waals surface area (Å²) in [5.74, 6) is 0.660. The molecular weight excluding hydrogens is 100 g/mol. The maximum Gasteiger partial charge on any atom is 0.135 e. The average Bonchev–Trinajstić information content (AvgIpc) is 1.84. The van der Waals surface area contributed by atoms with E-state index in [1.54, 1.807) is 0 Å². The van der Waals surface area contributed by atoms with Crippen molar-refractivity contribution in [2.24, 2.45) is 5.92 Å². The SMILES string of the molecule is CCC(=O)C(C)CC. The first-order valence-corrected chi connectivity index (χ1v) is 3.25. The van der Waals surface area contributed by atoms with E-state index in [9.17, 15) is 4.79 Å². The minimum absolute atomic E-state index is 0.278. The molecule has 0 aliphatic heterocycles. The van der Waals surface area contributed by atoms with Gasteiger partial charge in [0.2, 0.25) is 0 Å². The van der Waals surface area contributed by atoms with Crippen LogP contribution in [-0.4, -0.2) is 5.78 Å². The van der Waals surface area contributed by atoms with E-state index in [0.29, 0.717) is 12.2 Å². The Balaban J connectivity index is 3.46. The number of hydrogen-bond acceptors (Lipinski definition) is 1. The van der Waals surface area contributed by atoms with Crippen LogP contribution in [0.2, 0.25) is 0 Å². The molecular formula is C7H14O. The van der Waals surface area contributed by atoms with Gasteiger partial charge in [0.1, 0.15) is 5.78 Å². The highest BCUT2D eigenvalue weighted by Crippen LogP contribution is 2.03. The molecule has 0 aromatic carbocycles. The van der Waals surface area contributed by atoms with Gasteiger partial charge in [0, 0.05) is 12.3 Å². The predicted molar refractivity (Wildman–Crippen MR) is 34.8 cm³/mol. The maximum atomic E-state index is 10.7. The quantitative estimate of drug-likeness (QED) is 0.548. The minimum atomic E-state index is 0.278. The second-order valence-electron chi connectivity index (χ2n) is 2.13. The van der Waals surface area contributed by atoms with Crippen molar-refractivity contribution in [2.45, 2.75) is 33.6 Å². The minimum Gasteiger partial charge on any atom is -0.299 e. The summed E-state index contributed by atoms with van der Waals surface area (Å²) < 4.78 is 0. The van der Waals surface area contributed by atoms with Crippen molar-refractivity contribution >= 4 is 5.78 Å². The topological polar surface area (TPSA) is 17.1 Å². The highest BCUT2D eigenvalue weighted by molar-refractivity contribution is 5.80. The van der Waals surface area contributed by atoms with Gasteiger partial charge < -0.3 is 0 Å². The molecule has 48 valence electrons. The maximum absolute atomic E-state index is 10.7. The molecule has 1 nitrogen and oxygen atoms in total. The van der Waals surface area contributed by atoms with Gasteiger partial charge in [0.25, 0.3) is 0 Å². The molecule has 0 aliphatic rings. The van der Waals surface area contributed by atoms with Crippen LogP contribution in [0, 0.1) is 5.92 Å². The molecule has 1 heteroatoms. The first-order valence-electron chi connectivity index (χ1n) is 3.25. The highest BCUT2D eigenvalue weighted by atomic mass is 16.1. The lowest BCUT2D eigenvalue weighted by molar-refractivity contribution is -0.122. The molecule has 0 aliphatic carbocycles. The fourth-order valence-electron chi connectivity index (χ4n) is 0.576. The van der Waals surface area contributed by atoms with Crippen LogP contribution in [0.3, 0.4) is 0 Å². The lowest BCUT2D eigenvalue weighted by Crippen LogP contribution is -2.06. The first-order chi connectivity index (χ1) is 3.72. The third-order valence-corrected chi connectivity index (χ3v) is 1.51. The van der Waals surface area contributed by atoms with Gasteiger partial charge in [-0.3, -0.25) is 4.79 Å². The Bertz CT molecular complexity index is 76.5. The van der Waals surface area contributed by atoms with Crippen molar-refractivity contribution in [3.05, 3.63) is 0 Å². The van der Waals surface area contributed by atoms with Crippen molar-refractivity contribution in [1.82, 2.24) is 0 Å². The van der Waals surface area contributed by atoms with Crippen LogP contribution in [-0.2, 0) is 4.79 Å². The van der Waals surface area contributed by atoms with E-state index in [1.807, 2.05) is 20.8 Å². The summed E-state index contributed by atoms with van der Waals surface area (Å²) in [7, 11) is 0. The third kappa shape index (κ3) is 2.10. The van der Waals surface area contributed by atoms with Gasteiger partial charge in [-0.05, 0) is 6.42 Å². The van der Waals surface area contributed by atoms with Gasteiger partial charge >= 0.3 is 0 Å². The first kappa shape index (κ1) is 7.67. The fraction of sp³-hybridized carbons (Fsp3) is 0.857. The summed E-state index contributed by atoms with van der Waals surface area (Å²) in [5, 5.41) is 0. The zero-order chi connectivity index (χ0) is 6.57. The van der Waals surface area contributed by atoms with Crippen LogP contribution in [0.15, 0.2) is 0 Å². The van der Waals surface area contributed by atoms with E-state index >= 15 is 0 Å². The van der Waals surface area contributed by atoms with Gasteiger partial charge in [-0.1, -0.05) is 20.8 Å². The Morgan fingerprint density at radius 3 is 2.12 bits per heavy atom. The van der Waals surface area contributed by atoms with Crippen LogP contribution in [0.1, 0.15) is 33.6 Å². The third-order valence-electron chi connectivity index (χ3n) is 1.51. The predicted octanol–water partition coefficient (Wildman–Crippen LogP) is 2.01. The lowest BCUT2D eigenvalue weighted by atomic mass is 10.0. The second kappa shape index (κ2) is 3.65. The van der Waals surface area contributed by atoms with Gasteiger partial charge in [0.15, 0.2) is 0 Å². The van der Waals surface area contributed by atoms with E-state index in [1.165, 1.54) is 0 Å². The smallest absolute Gasteiger partial charge is 0.135 e. The number of carbonyl (C=O) groups is 1. The van der Waals surface area contributed by atoms with E-state index < -0.39 is 0 Å². The molecule has 0 saturated carbocycles. The van der Waals surface area contributed by atoms with Crippen LogP contribution in [0.25, 0.3) is 0 Å². The van der Waals surface area contributed by atoms with Crippen molar-refractivity contribution in [3.63, 3.8) is 0 Å². The van der Waals surface area contributed by atoms with Crippen molar-refractivity contribution in [3.8, 4) is 0 Å². The lowest BCUT2D eigenvalue weighted by Gasteiger charge is -2.02. The summed E-state index contributed by atoms with van der Waals surface area (Å²) >= 11 is 0. The van der Waals surface area contributed by atoms with E-state index in [4.69, 9.17) is 0 Å². The number of Topliss-reactive ketones (excluding diaryl/α,β-unsaturated/α-hetero) is 1. The van der Waals surface area contributed by atoms with Crippen molar-refractivity contribution in [1.29, 1.82) is 0 Å². The summed E-state index contributed by atoms with van der Waals surface area (Å²) in [6.45, 7) is 5.93. The van der Waals surface area contributed by atoms with Crippen molar-refractivity contribution in [2.75, 3.05) is 0 Å². The fourth-order valence-corrected chi connectivity index (χ4v) is 0.576. The monoisotopic (exact) mass is 114 g/mol. The molecule has 0 saturated heterocycles. The molecule has 0 aromatic rings. The molecule has 1 atom stereocenters. The summed E-state index contributed by atoms with van der Waals surface area (Å²) in [6, 6.07) is 0. The highest BCUT2D eigenvalue weighted by Gasteiger charge is 2.05. The molecule has 0 rings (SSSR count). The number of rotatable bonds is 3. The van der Waals surface area contributed by atoms with Crippen LogP contribution < -0.4 is 0 Å². The van der Waals surface area contributed by atoms with Gasteiger partial charge in [-0.2, -0.15) is 0 Å². The standard InChI is InChI=1S/C7H14O/c1-4-6(3)7(8)5-2/h6H,4-5H2,1-3H3. The molecule has 0 aromatic heterocycles. The normalized spacial score (nSPS) is 13.4. The Morgan fingerprint density at radius 1 is 1.50 bits per heavy atom. The van der Waals surface area contributed by atoms with Gasteiger partial charge in [-0.15, -0.1) is 0 Å². The van der Waals surface area contributed by atoms with Crippen LogP contribution in [0.4, 0.5) is 0 Å². The summed E-state index contributed by atoms with van der Waals surface area (Å²) in [6.07, 6.45) is 1.67. The Kier molecular flexibility index (Phi) is 3.49. The molecule has 0 amide bonds. The molecule has 8 heavy (non-hydrogen) atoms. The van der Waals surface area contributed by atoms with Gasteiger partial charge in [-0.25, -0.2) is 0 Å². The van der Waals surface area contributed by atoms with Crippen molar-refractivity contribution < 1.29 is 4.79 Å². The molecule has 0 fully saturated rings. The Labute approximate surface area is 51.1 Å². The molecule has 0 heterocycles. The van der Waals surface area contributed by atoms with E-state index in [0.717, 1.165) is 6.42 Å². The molecule has 1 unspecified atom stereocenters. The number of carbonyl (C=O) groups excluding carboxylic acids is 1. The largest absolute Gasteiger partial charge is 0.299 e. The summed E-state index contributed by atoms with van der Waals surface area (Å²) in [5.41, 5.74) is 0. The second-order valence-corrected chi connectivity index (χ2v) is 2.13. The van der Waals surface area contributed by atoms with E-state index in [-0.39, 0.29) is 5.92 Å². The number of hydrogen-bond donors (Lipinski definition) is 0. The molecule has 0 radical (unpaired) electrons. The molecule has 0 bridgehead atoms. The molecule has 0 spiro atoms. The zero-order valence-electron chi connectivity index (χ0n) is 5.90. The molecule has 0 N–H and O–H groups in total. The Hall–Kier alpha value is -0.330. The number of ketones is 1. The zero-order valence-corrected chi connectivity index (χ0v) is 5.90.